The molecule has 1 aliphatic heterocycles. The number of pyridine rings is 1. The van der Waals surface area contributed by atoms with E-state index in [1.54, 1.807) is 13.3 Å². The number of allylic oxidation sites excluding steroid dienone is 2. The van der Waals surface area contributed by atoms with Gasteiger partial charge in [0.2, 0.25) is 17.7 Å². The van der Waals surface area contributed by atoms with Crippen molar-refractivity contribution < 1.29 is 19.1 Å². The van der Waals surface area contributed by atoms with Crippen LogP contribution in [0, 0.1) is 22.7 Å². The molecular formula is C26H30N6O4. The zero-order valence-electron chi connectivity index (χ0n) is 20.4. The number of hydrogen-bond donors (Lipinski definition) is 1. The first-order valence-electron chi connectivity index (χ1n) is 12.6. The summed E-state index contributed by atoms with van der Waals surface area (Å²) in [5.41, 5.74) is 1.38. The second-order valence-electron chi connectivity index (χ2n) is 10.6. The Morgan fingerprint density at radius 1 is 1.19 bits per heavy atom. The van der Waals surface area contributed by atoms with E-state index in [4.69, 9.17) is 4.74 Å². The van der Waals surface area contributed by atoms with Crippen molar-refractivity contribution in [1.82, 2.24) is 30.2 Å². The molecule has 3 amide bonds. The predicted molar refractivity (Wildman–Crippen MR) is 128 cm³/mol. The van der Waals surface area contributed by atoms with Crippen LogP contribution >= 0.6 is 0 Å². The van der Waals surface area contributed by atoms with Gasteiger partial charge in [-0.15, -0.1) is 5.10 Å². The maximum atomic E-state index is 12.9. The number of hydrogen-bond acceptors (Lipinski definition) is 7. The van der Waals surface area contributed by atoms with Crippen LogP contribution in [-0.4, -0.2) is 62.8 Å². The molecule has 1 spiro atoms. The molecule has 36 heavy (non-hydrogen) atoms. The molecule has 0 bridgehead atoms. The van der Waals surface area contributed by atoms with Crippen molar-refractivity contribution >= 4 is 17.7 Å². The van der Waals surface area contributed by atoms with Gasteiger partial charge in [0.1, 0.15) is 23.7 Å². The van der Waals surface area contributed by atoms with Crippen molar-refractivity contribution in [3.8, 4) is 17.1 Å². The minimum Gasteiger partial charge on any atom is -0.494 e. The Labute approximate surface area is 209 Å². The Bertz CT molecular complexity index is 1220. The van der Waals surface area contributed by atoms with Crippen molar-refractivity contribution in [2.45, 2.75) is 45.1 Å². The standard InChI is InChI=1S/C26H30N6O4/c1-36-20-8-4-11-27-22(20)19-12-31(30-29-19)16-26(14-25(26)9-5-10-25)15-28-21(33)13-32-23(34)17-6-2-3-7-18(17)24(32)35/h2-4,8,11-12,17-18H,5-7,9-10,13-16H2,1H3,(H,28,33)/t17-,18+,26?. The molecule has 3 fully saturated rings. The fraction of sp³-hybridized carbons (Fsp3) is 0.538. The van der Waals surface area contributed by atoms with Gasteiger partial charge in [-0.05, 0) is 49.7 Å². The number of carbonyl (C=O) groups is 3. The molecule has 10 heteroatoms. The van der Waals surface area contributed by atoms with Crippen LogP contribution in [0.25, 0.3) is 11.4 Å². The summed E-state index contributed by atoms with van der Waals surface area (Å²) in [5.74, 6) is -0.732. The summed E-state index contributed by atoms with van der Waals surface area (Å²) in [6.45, 7) is 0.909. The molecule has 2 saturated carbocycles. The largest absolute Gasteiger partial charge is 0.494 e. The molecule has 0 radical (unpaired) electrons. The molecule has 10 nitrogen and oxygen atoms in total. The van der Waals surface area contributed by atoms with Gasteiger partial charge in [-0.1, -0.05) is 23.8 Å². The predicted octanol–water partition coefficient (Wildman–Crippen LogP) is 1.98. The highest BCUT2D eigenvalue weighted by Gasteiger charge is 2.69. The number of nitrogens with zero attached hydrogens (tertiary/aromatic N) is 5. The van der Waals surface area contributed by atoms with Gasteiger partial charge in [0.25, 0.3) is 0 Å². The number of fused-ring (bicyclic) bond motifs is 1. The maximum absolute atomic E-state index is 12.9. The van der Waals surface area contributed by atoms with Crippen LogP contribution in [0.2, 0.25) is 0 Å². The Morgan fingerprint density at radius 3 is 2.58 bits per heavy atom. The molecule has 1 saturated heterocycles. The van der Waals surface area contributed by atoms with Crippen molar-refractivity contribution in [1.29, 1.82) is 0 Å². The first-order chi connectivity index (χ1) is 17.5. The smallest absolute Gasteiger partial charge is 0.240 e. The third kappa shape index (κ3) is 3.61. The van der Waals surface area contributed by atoms with E-state index in [0.29, 0.717) is 43.1 Å². The molecule has 0 aromatic carbocycles. The average Bonchev–Trinajstić information content (AvgIpc) is 3.22. The molecule has 4 aliphatic rings. The lowest BCUT2D eigenvalue weighted by atomic mass is 9.75. The lowest BCUT2D eigenvalue weighted by Crippen LogP contribution is -2.44. The van der Waals surface area contributed by atoms with E-state index in [1.165, 1.54) is 6.42 Å². The summed E-state index contributed by atoms with van der Waals surface area (Å²) < 4.78 is 7.23. The van der Waals surface area contributed by atoms with Crippen molar-refractivity contribution in [3.05, 3.63) is 36.7 Å². The molecule has 188 valence electrons. The van der Waals surface area contributed by atoms with E-state index in [0.717, 1.165) is 24.2 Å². The van der Waals surface area contributed by atoms with E-state index in [2.05, 4.69) is 20.6 Å². The summed E-state index contributed by atoms with van der Waals surface area (Å²) in [6.07, 6.45) is 13.1. The molecule has 1 unspecified atom stereocenters. The fourth-order valence-corrected chi connectivity index (χ4v) is 6.48. The Kier molecular flexibility index (Phi) is 5.42. The minimum absolute atomic E-state index is 0.114. The second-order valence-corrected chi connectivity index (χ2v) is 10.6. The molecule has 3 atom stereocenters. The van der Waals surface area contributed by atoms with Gasteiger partial charge in [-0.25, -0.2) is 0 Å². The van der Waals surface area contributed by atoms with Crippen LogP contribution in [0.5, 0.6) is 5.75 Å². The van der Waals surface area contributed by atoms with Gasteiger partial charge in [0.15, 0.2) is 0 Å². The van der Waals surface area contributed by atoms with E-state index >= 15 is 0 Å². The van der Waals surface area contributed by atoms with Gasteiger partial charge in [-0.3, -0.25) is 28.9 Å². The summed E-state index contributed by atoms with van der Waals surface area (Å²) in [7, 11) is 1.60. The summed E-state index contributed by atoms with van der Waals surface area (Å²) in [6, 6.07) is 3.65. The van der Waals surface area contributed by atoms with Crippen molar-refractivity contribution in [2.75, 3.05) is 20.2 Å². The van der Waals surface area contributed by atoms with Gasteiger partial charge in [-0.2, -0.15) is 0 Å². The van der Waals surface area contributed by atoms with E-state index < -0.39 is 0 Å². The molecule has 3 heterocycles. The first-order valence-corrected chi connectivity index (χ1v) is 12.6. The van der Waals surface area contributed by atoms with E-state index in [9.17, 15) is 14.4 Å². The van der Waals surface area contributed by atoms with Crippen LogP contribution in [0.15, 0.2) is 36.7 Å². The lowest BCUT2D eigenvalue weighted by molar-refractivity contribution is -0.143. The highest BCUT2D eigenvalue weighted by molar-refractivity contribution is 6.07. The van der Waals surface area contributed by atoms with Crippen LogP contribution in [-0.2, 0) is 20.9 Å². The number of methoxy groups -OCH3 is 1. The number of amides is 3. The number of imide groups is 1. The molecule has 2 aromatic rings. The Hall–Kier alpha value is -3.56. The second kappa shape index (κ2) is 8.53. The number of rotatable bonds is 8. The summed E-state index contributed by atoms with van der Waals surface area (Å²) in [4.78, 5) is 43.9. The highest BCUT2D eigenvalue weighted by atomic mass is 16.5. The number of likely N-dealkylation sites (tertiary alicyclic amines) is 1. The number of nitrogens with one attached hydrogen (secondary N) is 1. The molecule has 6 rings (SSSR count). The number of ether oxygens (including phenoxy) is 1. The fourth-order valence-electron chi connectivity index (χ4n) is 6.48. The van der Waals surface area contributed by atoms with Gasteiger partial charge >= 0.3 is 0 Å². The van der Waals surface area contributed by atoms with E-state index in [1.807, 2.05) is 35.2 Å². The zero-order chi connectivity index (χ0) is 24.9. The summed E-state index contributed by atoms with van der Waals surface area (Å²) >= 11 is 0. The molecule has 1 N–H and O–H groups in total. The first kappa shape index (κ1) is 22.9. The van der Waals surface area contributed by atoms with Crippen LogP contribution in [0.3, 0.4) is 0 Å². The van der Waals surface area contributed by atoms with Gasteiger partial charge in [0.05, 0.1) is 31.7 Å². The van der Waals surface area contributed by atoms with Gasteiger partial charge in [0, 0.05) is 18.2 Å². The third-order valence-electron chi connectivity index (χ3n) is 8.75. The highest BCUT2D eigenvalue weighted by Crippen LogP contribution is 2.74. The van der Waals surface area contributed by atoms with Crippen LogP contribution < -0.4 is 10.1 Å². The molecule has 3 aliphatic carbocycles. The third-order valence-corrected chi connectivity index (χ3v) is 8.75. The van der Waals surface area contributed by atoms with Crippen molar-refractivity contribution in [3.63, 3.8) is 0 Å². The number of aromatic nitrogens is 4. The van der Waals surface area contributed by atoms with Crippen LogP contribution in [0.1, 0.15) is 38.5 Å². The molecular weight excluding hydrogens is 460 g/mol. The summed E-state index contributed by atoms with van der Waals surface area (Å²) in [5, 5.41) is 11.7. The minimum atomic E-state index is -0.317. The SMILES string of the molecule is COc1cccnc1-c1cn(CC2(CNC(=O)CN3C(=O)[C@H]4CC=CC[C@H]4C3=O)CC23CCC3)nn1. The molecule has 2 aromatic heterocycles. The maximum Gasteiger partial charge on any atom is 0.240 e. The number of carbonyl (C=O) groups excluding carboxylic acids is 3. The van der Waals surface area contributed by atoms with Gasteiger partial charge < -0.3 is 10.1 Å². The quantitative estimate of drug-likeness (QED) is 0.444. The normalized spacial score (nSPS) is 27.6. The zero-order valence-corrected chi connectivity index (χ0v) is 20.4. The van der Waals surface area contributed by atoms with E-state index in [-0.39, 0.29) is 46.9 Å². The monoisotopic (exact) mass is 490 g/mol. The topological polar surface area (TPSA) is 119 Å². The van der Waals surface area contributed by atoms with Crippen molar-refractivity contribution in [2.24, 2.45) is 22.7 Å². The Morgan fingerprint density at radius 2 is 1.94 bits per heavy atom. The lowest BCUT2D eigenvalue weighted by Gasteiger charge is -2.33. The van der Waals surface area contributed by atoms with Crippen LogP contribution in [0.4, 0.5) is 0 Å². The Balaban J connectivity index is 1.12. The average molecular weight is 491 g/mol.